The number of hydrogen-bond donors (Lipinski definition) is 1. The number of nitrogens with zero attached hydrogens (tertiary/aromatic N) is 2. The van der Waals surface area contributed by atoms with Gasteiger partial charge in [-0.25, -0.2) is 0 Å². The molecule has 0 saturated carbocycles. The van der Waals surface area contributed by atoms with Gasteiger partial charge in [-0.1, -0.05) is 31.2 Å². The molecule has 2 aliphatic rings. The summed E-state index contributed by atoms with van der Waals surface area (Å²) in [6.45, 7) is 3.48. The lowest BCUT2D eigenvalue weighted by molar-refractivity contribution is 0.0573. The highest BCUT2D eigenvalue weighted by atomic mass is 16.2. The number of rotatable bonds is 4. The van der Waals surface area contributed by atoms with Crippen LogP contribution in [0.4, 0.5) is 0 Å². The predicted molar refractivity (Wildman–Crippen MR) is 109 cm³/mol. The van der Waals surface area contributed by atoms with E-state index in [1.165, 1.54) is 4.90 Å². The van der Waals surface area contributed by atoms with Gasteiger partial charge in [-0.3, -0.25) is 19.3 Å². The van der Waals surface area contributed by atoms with E-state index in [0.29, 0.717) is 35.7 Å². The van der Waals surface area contributed by atoms with Crippen LogP contribution in [0.15, 0.2) is 48.5 Å². The fourth-order valence-electron chi connectivity index (χ4n) is 4.28. The summed E-state index contributed by atoms with van der Waals surface area (Å²) >= 11 is 0. The van der Waals surface area contributed by atoms with Crippen LogP contribution < -0.4 is 5.73 Å². The number of hydrogen-bond acceptors (Lipinski definition) is 4. The van der Waals surface area contributed by atoms with Gasteiger partial charge in [-0.2, -0.15) is 0 Å². The maximum Gasteiger partial charge on any atom is 0.261 e. The van der Waals surface area contributed by atoms with Crippen LogP contribution in [-0.2, 0) is 6.54 Å². The Morgan fingerprint density at radius 1 is 1.07 bits per heavy atom. The Balaban J connectivity index is 1.53. The van der Waals surface area contributed by atoms with E-state index >= 15 is 0 Å². The molecule has 2 atom stereocenters. The first-order chi connectivity index (χ1) is 14.0. The van der Waals surface area contributed by atoms with Crippen LogP contribution in [0.3, 0.4) is 0 Å². The molecule has 150 valence electrons. The van der Waals surface area contributed by atoms with Crippen molar-refractivity contribution in [2.75, 3.05) is 13.1 Å². The third-order valence-corrected chi connectivity index (χ3v) is 5.90. The summed E-state index contributed by atoms with van der Waals surface area (Å²) in [6, 6.07) is 14.1. The minimum atomic E-state index is -0.296. The highest BCUT2D eigenvalue weighted by molar-refractivity contribution is 6.21. The van der Waals surface area contributed by atoms with Crippen LogP contribution in [0, 0.1) is 5.92 Å². The SMILES string of the molecule is CC1CCN(C(=O)c2cccc(CN3C(=O)c4ccccc4C3=O)c2)C(CN)C1. The van der Waals surface area contributed by atoms with Gasteiger partial charge in [0.2, 0.25) is 0 Å². The van der Waals surface area contributed by atoms with Gasteiger partial charge >= 0.3 is 0 Å². The number of imide groups is 1. The highest BCUT2D eigenvalue weighted by Crippen LogP contribution is 2.26. The lowest BCUT2D eigenvalue weighted by Gasteiger charge is -2.38. The van der Waals surface area contributed by atoms with E-state index in [1.54, 1.807) is 42.5 Å². The Hall–Kier alpha value is -2.99. The lowest BCUT2D eigenvalue weighted by Crippen LogP contribution is -2.49. The van der Waals surface area contributed by atoms with Crippen molar-refractivity contribution in [2.24, 2.45) is 11.7 Å². The molecule has 6 nitrogen and oxygen atoms in total. The molecule has 0 radical (unpaired) electrons. The molecule has 2 unspecified atom stereocenters. The monoisotopic (exact) mass is 391 g/mol. The maximum absolute atomic E-state index is 13.1. The summed E-state index contributed by atoms with van der Waals surface area (Å²) < 4.78 is 0. The Labute approximate surface area is 170 Å². The van der Waals surface area contributed by atoms with E-state index in [-0.39, 0.29) is 30.3 Å². The third kappa shape index (κ3) is 3.56. The van der Waals surface area contributed by atoms with Crippen LogP contribution >= 0.6 is 0 Å². The first-order valence-corrected chi connectivity index (χ1v) is 10.0. The largest absolute Gasteiger partial charge is 0.334 e. The molecule has 2 N–H and O–H groups in total. The first-order valence-electron chi connectivity index (χ1n) is 10.0. The first kappa shape index (κ1) is 19.3. The van der Waals surface area contributed by atoms with Crippen molar-refractivity contribution in [1.29, 1.82) is 0 Å². The molecule has 0 spiro atoms. The summed E-state index contributed by atoms with van der Waals surface area (Å²) in [7, 11) is 0. The number of likely N-dealkylation sites (tertiary alicyclic amines) is 1. The van der Waals surface area contributed by atoms with E-state index < -0.39 is 0 Å². The minimum Gasteiger partial charge on any atom is -0.334 e. The van der Waals surface area contributed by atoms with Gasteiger partial charge in [0.05, 0.1) is 17.7 Å². The fourth-order valence-corrected chi connectivity index (χ4v) is 4.28. The molecular formula is C23H25N3O3. The topological polar surface area (TPSA) is 83.7 Å². The quantitative estimate of drug-likeness (QED) is 0.812. The van der Waals surface area contributed by atoms with E-state index in [4.69, 9.17) is 5.73 Å². The van der Waals surface area contributed by atoms with Crippen molar-refractivity contribution in [2.45, 2.75) is 32.4 Å². The van der Waals surface area contributed by atoms with Crippen molar-refractivity contribution in [3.8, 4) is 0 Å². The fraction of sp³-hybridized carbons (Fsp3) is 0.348. The summed E-state index contributed by atoms with van der Waals surface area (Å²) in [5, 5.41) is 0. The van der Waals surface area contributed by atoms with Crippen LogP contribution in [0.2, 0.25) is 0 Å². The Kier molecular flexibility index (Phi) is 5.20. The second kappa shape index (κ2) is 7.79. The van der Waals surface area contributed by atoms with Gasteiger partial charge in [0, 0.05) is 24.7 Å². The molecule has 1 saturated heterocycles. The molecule has 3 amide bonds. The average molecular weight is 391 g/mol. The van der Waals surface area contributed by atoms with Crippen molar-refractivity contribution in [3.05, 3.63) is 70.8 Å². The number of fused-ring (bicyclic) bond motifs is 1. The summed E-state index contributed by atoms with van der Waals surface area (Å²) in [6.07, 6.45) is 1.88. The van der Waals surface area contributed by atoms with Crippen molar-refractivity contribution < 1.29 is 14.4 Å². The van der Waals surface area contributed by atoms with E-state index in [1.807, 2.05) is 11.0 Å². The van der Waals surface area contributed by atoms with Gasteiger partial charge < -0.3 is 10.6 Å². The number of carbonyl (C=O) groups excluding carboxylic acids is 3. The summed E-state index contributed by atoms with van der Waals surface area (Å²) in [5.41, 5.74) is 8.08. The normalized spacial score (nSPS) is 21.4. The zero-order chi connectivity index (χ0) is 20.5. The molecule has 0 aromatic heterocycles. The Morgan fingerprint density at radius 3 is 2.41 bits per heavy atom. The number of benzene rings is 2. The summed E-state index contributed by atoms with van der Waals surface area (Å²) in [5.74, 6) is -0.0737. The molecule has 4 rings (SSSR count). The molecule has 29 heavy (non-hydrogen) atoms. The van der Waals surface area contributed by atoms with Gasteiger partial charge in [0.1, 0.15) is 0 Å². The predicted octanol–water partition coefficient (Wildman–Crippen LogP) is 2.68. The van der Waals surface area contributed by atoms with Gasteiger partial charge in [0.15, 0.2) is 0 Å². The summed E-state index contributed by atoms with van der Waals surface area (Å²) in [4.78, 5) is 41.4. The van der Waals surface area contributed by atoms with Crippen LogP contribution in [0.1, 0.15) is 56.4 Å². The number of piperidine rings is 1. The van der Waals surface area contributed by atoms with Gasteiger partial charge in [-0.15, -0.1) is 0 Å². The van der Waals surface area contributed by atoms with E-state index in [9.17, 15) is 14.4 Å². The zero-order valence-electron chi connectivity index (χ0n) is 16.5. The average Bonchev–Trinajstić information content (AvgIpc) is 2.98. The Bertz CT molecular complexity index is 936. The second-order valence-electron chi connectivity index (χ2n) is 7.96. The zero-order valence-corrected chi connectivity index (χ0v) is 16.5. The van der Waals surface area contributed by atoms with E-state index in [2.05, 4.69) is 6.92 Å². The standard InChI is InChI=1S/C23H25N3O3/c1-15-9-10-25(18(11-15)13-24)21(27)17-6-4-5-16(12-17)14-26-22(28)19-7-2-3-8-20(19)23(26)29/h2-8,12,15,18H,9-11,13-14,24H2,1H3. The molecule has 1 fully saturated rings. The molecule has 0 bridgehead atoms. The van der Waals surface area contributed by atoms with Crippen molar-refractivity contribution in [1.82, 2.24) is 9.80 Å². The smallest absolute Gasteiger partial charge is 0.261 e. The van der Waals surface area contributed by atoms with Crippen LogP contribution in [0.25, 0.3) is 0 Å². The number of carbonyl (C=O) groups is 3. The maximum atomic E-state index is 13.1. The molecule has 6 heteroatoms. The minimum absolute atomic E-state index is 0.0449. The van der Waals surface area contributed by atoms with Gasteiger partial charge in [0.25, 0.3) is 17.7 Å². The molecule has 2 aliphatic heterocycles. The molecule has 2 aromatic carbocycles. The van der Waals surface area contributed by atoms with E-state index in [0.717, 1.165) is 18.4 Å². The lowest BCUT2D eigenvalue weighted by atomic mass is 9.91. The third-order valence-electron chi connectivity index (χ3n) is 5.90. The van der Waals surface area contributed by atoms with Crippen LogP contribution in [0.5, 0.6) is 0 Å². The second-order valence-corrected chi connectivity index (χ2v) is 7.96. The number of nitrogens with two attached hydrogens (primary N) is 1. The molecule has 2 aromatic rings. The molecule has 2 heterocycles. The van der Waals surface area contributed by atoms with Crippen LogP contribution in [-0.4, -0.2) is 46.7 Å². The number of amides is 3. The highest BCUT2D eigenvalue weighted by Gasteiger charge is 2.35. The molecule has 0 aliphatic carbocycles. The Morgan fingerprint density at radius 2 is 1.76 bits per heavy atom. The van der Waals surface area contributed by atoms with Gasteiger partial charge in [-0.05, 0) is 48.6 Å². The van der Waals surface area contributed by atoms with Crippen molar-refractivity contribution >= 4 is 17.7 Å². The van der Waals surface area contributed by atoms with Crippen molar-refractivity contribution in [3.63, 3.8) is 0 Å². The molecular weight excluding hydrogens is 366 g/mol.